The van der Waals surface area contributed by atoms with E-state index in [4.69, 9.17) is 9.05 Å². The molecule has 1 atom stereocenters. The lowest BCUT2D eigenvalue weighted by Crippen LogP contribution is -2.25. The first-order valence-corrected chi connectivity index (χ1v) is 5.89. The first-order chi connectivity index (χ1) is 8.56. The molecule has 0 amide bonds. The number of aryl methyl sites for hydroxylation is 2. The molecule has 2 heterocycles. The molecule has 0 aliphatic heterocycles. The van der Waals surface area contributed by atoms with E-state index in [0.717, 1.165) is 0 Å². The van der Waals surface area contributed by atoms with Gasteiger partial charge in [-0.1, -0.05) is 24.2 Å². The van der Waals surface area contributed by atoms with Gasteiger partial charge in [0.1, 0.15) is 0 Å². The van der Waals surface area contributed by atoms with E-state index in [1.807, 2.05) is 0 Å². The third-order valence-corrected chi connectivity index (χ3v) is 2.52. The molecule has 0 unspecified atom stereocenters. The Morgan fingerprint density at radius 3 is 2.22 bits per heavy atom. The van der Waals surface area contributed by atoms with E-state index in [9.17, 15) is 0 Å². The Balaban J connectivity index is 2.03. The zero-order valence-corrected chi connectivity index (χ0v) is 11.0. The highest BCUT2D eigenvalue weighted by Crippen LogP contribution is 2.20. The largest absolute Gasteiger partial charge is 0.338 e. The molecule has 1 N–H and O–H groups in total. The van der Waals surface area contributed by atoms with E-state index < -0.39 is 0 Å². The van der Waals surface area contributed by atoms with Crippen molar-refractivity contribution in [2.45, 2.75) is 40.3 Å². The third kappa shape index (κ3) is 2.92. The van der Waals surface area contributed by atoms with Gasteiger partial charge in [0, 0.05) is 0 Å². The second-order valence-corrected chi connectivity index (χ2v) is 4.52. The molecule has 98 valence electrons. The van der Waals surface area contributed by atoms with E-state index in [-0.39, 0.29) is 6.04 Å². The van der Waals surface area contributed by atoms with Crippen molar-refractivity contribution in [1.29, 1.82) is 0 Å². The van der Waals surface area contributed by atoms with Crippen LogP contribution in [-0.4, -0.2) is 20.3 Å². The van der Waals surface area contributed by atoms with Crippen molar-refractivity contribution in [3.05, 3.63) is 23.4 Å². The fourth-order valence-electron chi connectivity index (χ4n) is 1.66. The van der Waals surface area contributed by atoms with Gasteiger partial charge in [0.2, 0.25) is 11.8 Å². The molecule has 0 saturated carbocycles. The Bertz CT molecular complexity index is 505. The number of aromatic nitrogens is 4. The summed E-state index contributed by atoms with van der Waals surface area (Å²) < 4.78 is 10.2. The van der Waals surface area contributed by atoms with Gasteiger partial charge in [-0.3, -0.25) is 5.32 Å². The molecular weight excluding hydrogens is 234 g/mol. The summed E-state index contributed by atoms with van der Waals surface area (Å²) in [6.45, 7) is 8.22. The molecule has 2 aromatic rings. The molecule has 0 fully saturated rings. The van der Waals surface area contributed by atoms with Crippen molar-refractivity contribution in [1.82, 2.24) is 25.6 Å². The number of hydrogen-bond acceptors (Lipinski definition) is 7. The van der Waals surface area contributed by atoms with Crippen LogP contribution in [0.1, 0.15) is 43.3 Å². The summed E-state index contributed by atoms with van der Waals surface area (Å²) in [5.74, 6) is 2.70. The lowest BCUT2D eigenvalue weighted by atomic mass is 10.0. The standard InChI is InChI=1S/C11H17N5O2/c1-6(2)10(11-14-8(4)16-18-11)12-5-9-13-7(3)15-17-9/h6,10,12H,5H2,1-4H3/t10-/m1/s1. The predicted molar refractivity (Wildman–Crippen MR) is 62.5 cm³/mol. The third-order valence-electron chi connectivity index (χ3n) is 2.52. The molecule has 18 heavy (non-hydrogen) atoms. The zero-order valence-electron chi connectivity index (χ0n) is 11.0. The average Bonchev–Trinajstić information content (AvgIpc) is 2.88. The summed E-state index contributed by atoms with van der Waals surface area (Å²) in [5.41, 5.74) is 0. The quantitative estimate of drug-likeness (QED) is 0.862. The summed E-state index contributed by atoms with van der Waals surface area (Å²) in [5, 5.41) is 10.8. The van der Waals surface area contributed by atoms with Crippen LogP contribution in [0.15, 0.2) is 9.05 Å². The number of nitrogens with one attached hydrogen (secondary N) is 1. The van der Waals surface area contributed by atoms with Crippen LogP contribution in [0, 0.1) is 19.8 Å². The van der Waals surface area contributed by atoms with E-state index >= 15 is 0 Å². The Labute approximate surface area is 105 Å². The van der Waals surface area contributed by atoms with E-state index in [2.05, 4.69) is 39.4 Å². The minimum absolute atomic E-state index is 0.0293. The van der Waals surface area contributed by atoms with Gasteiger partial charge in [-0.05, 0) is 19.8 Å². The molecule has 0 bridgehead atoms. The lowest BCUT2D eigenvalue weighted by molar-refractivity contribution is 0.274. The molecule has 2 rings (SSSR count). The van der Waals surface area contributed by atoms with Crippen LogP contribution >= 0.6 is 0 Å². The predicted octanol–water partition coefficient (Wildman–Crippen LogP) is 1.56. The topological polar surface area (TPSA) is 89.9 Å². The molecular formula is C11H17N5O2. The number of hydrogen-bond donors (Lipinski definition) is 1. The van der Waals surface area contributed by atoms with E-state index in [0.29, 0.717) is 35.9 Å². The van der Waals surface area contributed by atoms with Crippen molar-refractivity contribution in [2.75, 3.05) is 0 Å². The Morgan fingerprint density at radius 2 is 1.72 bits per heavy atom. The minimum Gasteiger partial charge on any atom is -0.338 e. The normalized spacial score (nSPS) is 13.2. The van der Waals surface area contributed by atoms with Crippen LogP contribution in [0.5, 0.6) is 0 Å². The van der Waals surface area contributed by atoms with Crippen molar-refractivity contribution in [2.24, 2.45) is 5.92 Å². The Hall–Kier alpha value is -1.76. The molecule has 7 nitrogen and oxygen atoms in total. The van der Waals surface area contributed by atoms with Gasteiger partial charge < -0.3 is 9.05 Å². The van der Waals surface area contributed by atoms with Crippen LogP contribution in [-0.2, 0) is 6.54 Å². The zero-order chi connectivity index (χ0) is 13.1. The molecule has 0 aromatic carbocycles. The van der Waals surface area contributed by atoms with Crippen molar-refractivity contribution in [3.8, 4) is 0 Å². The fourth-order valence-corrected chi connectivity index (χ4v) is 1.66. The Morgan fingerprint density at radius 1 is 1.06 bits per heavy atom. The molecule has 0 aliphatic rings. The minimum atomic E-state index is -0.0293. The molecule has 0 spiro atoms. The number of rotatable bonds is 5. The van der Waals surface area contributed by atoms with E-state index in [1.54, 1.807) is 13.8 Å². The highest BCUT2D eigenvalue weighted by atomic mass is 16.5. The van der Waals surface area contributed by atoms with Gasteiger partial charge in [0.25, 0.3) is 0 Å². The summed E-state index contributed by atoms with van der Waals surface area (Å²) in [7, 11) is 0. The highest BCUT2D eigenvalue weighted by molar-refractivity contribution is 4.94. The summed E-state index contributed by atoms with van der Waals surface area (Å²) in [6, 6.07) is -0.0293. The first kappa shape index (κ1) is 12.7. The maximum absolute atomic E-state index is 5.19. The van der Waals surface area contributed by atoms with Gasteiger partial charge in [0.15, 0.2) is 11.6 Å². The van der Waals surface area contributed by atoms with Crippen LogP contribution < -0.4 is 5.32 Å². The highest BCUT2D eigenvalue weighted by Gasteiger charge is 2.22. The smallest absolute Gasteiger partial charge is 0.244 e. The summed E-state index contributed by atoms with van der Waals surface area (Å²) >= 11 is 0. The molecule has 2 aromatic heterocycles. The number of nitrogens with zero attached hydrogens (tertiary/aromatic N) is 4. The van der Waals surface area contributed by atoms with Crippen molar-refractivity contribution in [3.63, 3.8) is 0 Å². The molecule has 7 heteroatoms. The van der Waals surface area contributed by atoms with E-state index in [1.165, 1.54) is 0 Å². The molecule has 0 radical (unpaired) electrons. The maximum Gasteiger partial charge on any atom is 0.244 e. The molecule has 0 aliphatic carbocycles. The van der Waals surface area contributed by atoms with Gasteiger partial charge in [0.05, 0.1) is 12.6 Å². The van der Waals surface area contributed by atoms with Crippen LogP contribution in [0.3, 0.4) is 0 Å². The second kappa shape index (κ2) is 5.26. The average molecular weight is 251 g/mol. The summed E-state index contributed by atoms with van der Waals surface area (Å²) in [6.07, 6.45) is 0. The fraction of sp³-hybridized carbons (Fsp3) is 0.636. The van der Waals surface area contributed by atoms with Gasteiger partial charge in [-0.25, -0.2) is 0 Å². The monoisotopic (exact) mass is 251 g/mol. The van der Waals surface area contributed by atoms with Crippen molar-refractivity contribution < 1.29 is 9.05 Å². The molecule has 0 saturated heterocycles. The van der Waals surface area contributed by atoms with Crippen LogP contribution in [0.4, 0.5) is 0 Å². The lowest BCUT2D eigenvalue weighted by Gasteiger charge is -2.17. The maximum atomic E-state index is 5.19. The summed E-state index contributed by atoms with van der Waals surface area (Å²) in [4.78, 5) is 8.38. The van der Waals surface area contributed by atoms with Crippen LogP contribution in [0.25, 0.3) is 0 Å². The van der Waals surface area contributed by atoms with Crippen LogP contribution in [0.2, 0.25) is 0 Å². The van der Waals surface area contributed by atoms with Gasteiger partial charge in [-0.2, -0.15) is 9.97 Å². The first-order valence-electron chi connectivity index (χ1n) is 5.89. The van der Waals surface area contributed by atoms with Crippen molar-refractivity contribution >= 4 is 0 Å². The Kier molecular flexibility index (Phi) is 3.71. The van der Waals surface area contributed by atoms with Gasteiger partial charge in [-0.15, -0.1) is 0 Å². The second-order valence-electron chi connectivity index (χ2n) is 4.52. The van der Waals surface area contributed by atoms with Gasteiger partial charge >= 0.3 is 0 Å². The SMILES string of the molecule is Cc1noc(CN[C@@H](c2nc(C)no2)C(C)C)n1.